The quantitative estimate of drug-likeness (QED) is 0.842. The van der Waals surface area contributed by atoms with Gasteiger partial charge in [0.25, 0.3) is 0 Å². The van der Waals surface area contributed by atoms with Crippen molar-refractivity contribution < 1.29 is 8.78 Å². The van der Waals surface area contributed by atoms with E-state index in [1.54, 1.807) is 6.07 Å². The maximum absolute atomic E-state index is 13.6. The summed E-state index contributed by atoms with van der Waals surface area (Å²) in [5.74, 6) is -0.248. The second-order valence-corrected chi connectivity index (χ2v) is 5.56. The van der Waals surface area contributed by atoms with E-state index >= 15 is 0 Å². The molecule has 0 aromatic heterocycles. The average Bonchev–Trinajstić information content (AvgIpc) is 2.38. The van der Waals surface area contributed by atoms with E-state index in [0.717, 1.165) is 18.4 Å². The minimum absolute atomic E-state index is 0.153. The highest BCUT2D eigenvalue weighted by atomic mass is 35.5. The van der Waals surface area contributed by atoms with Crippen molar-refractivity contribution in [1.29, 1.82) is 0 Å². The smallest absolute Gasteiger partial charge is 0.126 e. The first-order valence-electron chi connectivity index (χ1n) is 6.59. The highest BCUT2D eigenvalue weighted by molar-refractivity contribution is 6.33. The van der Waals surface area contributed by atoms with Crippen LogP contribution in [0.3, 0.4) is 0 Å². The molecule has 0 heterocycles. The molecule has 0 amide bonds. The molecule has 104 valence electrons. The fourth-order valence-electron chi connectivity index (χ4n) is 2.62. The highest BCUT2D eigenvalue weighted by Gasteiger charge is 2.32. The van der Waals surface area contributed by atoms with Gasteiger partial charge in [0.15, 0.2) is 0 Å². The van der Waals surface area contributed by atoms with E-state index in [9.17, 15) is 8.78 Å². The van der Waals surface area contributed by atoms with Crippen LogP contribution in [0.5, 0.6) is 0 Å². The van der Waals surface area contributed by atoms with Crippen molar-refractivity contribution in [3.05, 3.63) is 64.7 Å². The fraction of sp³-hybridized carbons (Fsp3) is 0.250. The number of hydrogen-bond donors (Lipinski definition) is 1. The fourth-order valence-corrected chi connectivity index (χ4v) is 2.80. The molecule has 0 aliphatic heterocycles. The van der Waals surface area contributed by atoms with Gasteiger partial charge in [0, 0.05) is 6.04 Å². The summed E-state index contributed by atoms with van der Waals surface area (Å²) < 4.78 is 26.8. The number of halogens is 3. The molecule has 1 aliphatic rings. The van der Waals surface area contributed by atoms with Gasteiger partial charge in [-0.3, -0.25) is 0 Å². The van der Waals surface area contributed by atoms with Crippen molar-refractivity contribution in [2.75, 3.05) is 5.32 Å². The zero-order valence-corrected chi connectivity index (χ0v) is 11.5. The molecule has 2 aromatic rings. The van der Waals surface area contributed by atoms with Gasteiger partial charge >= 0.3 is 0 Å². The highest BCUT2D eigenvalue weighted by Crippen LogP contribution is 2.40. The molecule has 0 saturated heterocycles. The van der Waals surface area contributed by atoms with E-state index in [1.165, 1.54) is 24.3 Å². The molecule has 0 spiro atoms. The van der Waals surface area contributed by atoms with Crippen LogP contribution in [0.4, 0.5) is 14.5 Å². The summed E-state index contributed by atoms with van der Waals surface area (Å²) in [5.41, 5.74) is 1.36. The molecule has 0 unspecified atom stereocenters. The second kappa shape index (κ2) is 5.41. The van der Waals surface area contributed by atoms with Crippen LogP contribution < -0.4 is 5.32 Å². The standard InChI is InChI=1S/C16H14ClF2N/c17-14-6-5-11(18)9-16(14)20-12-7-10(8-12)13-3-1-2-4-15(13)19/h1-6,9-10,12,20H,7-8H2. The van der Waals surface area contributed by atoms with Gasteiger partial charge in [0.05, 0.1) is 10.7 Å². The molecule has 0 atom stereocenters. The first-order chi connectivity index (χ1) is 9.63. The molecular formula is C16H14ClF2N. The SMILES string of the molecule is Fc1ccc(Cl)c(NC2CC(c3ccccc3F)C2)c1. The molecule has 0 bridgehead atoms. The predicted molar refractivity (Wildman–Crippen MR) is 77.2 cm³/mol. The van der Waals surface area contributed by atoms with Crippen molar-refractivity contribution in [3.8, 4) is 0 Å². The lowest BCUT2D eigenvalue weighted by molar-refractivity contribution is 0.363. The molecule has 1 fully saturated rings. The van der Waals surface area contributed by atoms with Gasteiger partial charge in [-0.05, 0) is 48.6 Å². The third kappa shape index (κ3) is 2.63. The summed E-state index contributed by atoms with van der Waals surface area (Å²) in [7, 11) is 0. The van der Waals surface area contributed by atoms with Crippen molar-refractivity contribution in [2.24, 2.45) is 0 Å². The minimum Gasteiger partial charge on any atom is -0.381 e. The van der Waals surface area contributed by atoms with E-state index < -0.39 is 0 Å². The Morgan fingerprint density at radius 1 is 1.05 bits per heavy atom. The Kier molecular flexibility index (Phi) is 3.62. The van der Waals surface area contributed by atoms with Gasteiger partial charge in [0.2, 0.25) is 0 Å². The number of nitrogens with one attached hydrogen (secondary N) is 1. The molecule has 1 N–H and O–H groups in total. The second-order valence-electron chi connectivity index (χ2n) is 5.16. The van der Waals surface area contributed by atoms with Crippen LogP contribution in [0, 0.1) is 11.6 Å². The largest absolute Gasteiger partial charge is 0.381 e. The topological polar surface area (TPSA) is 12.0 Å². The molecule has 1 nitrogen and oxygen atoms in total. The van der Waals surface area contributed by atoms with Crippen LogP contribution in [-0.2, 0) is 0 Å². The van der Waals surface area contributed by atoms with Gasteiger partial charge < -0.3 is 5.32 Å². The maximum atomic E-state index is 13.6. The molecule has 3 rings (SSSR count). The van der Waals surface area contributed by atoms with Crippen LogP contribution in [0.15, 0.2) is 42.5 Å². The molecular weight excluding hydrogens is 280 g/mol. The van der Waals surface area contributed by atoms with Crippen LogP contribution in [0.2, 0.25) is 5.02 Å². The monoisotopic (exact) mass is 293 g/mol. The summed E-state index contributed by atoms with van der Waals surface area (Å²) in [6.45, 7) is 0. The third-order valence-corrected chi connectivity index (χ3v) is 4.10. The third-order valence-electron chi connectivity index (χ3n) is 3.77. The van der Waals surface area contributed by atoms with Crippen molar-refractivity contribution >= 4 is 17.3 Å². The van der Waals surface area contributed by atoms with Crippen molar-refractivity contribution in [3.63, 3.8) is 0 Å². The lowest BCUT2D eigenvalue weighted by atomic mass is 9.75. The van der Waals surface area contributed by atoms with Crippen LogP contribution in [-0.4, -0.2) is 6.04 Å². The Labute approximate surface area is 121 Å². The summed E-state index contributed by atoms with van der Waals surface area (Å²) in [6, 6.07) is 11.3. The van der Waals surface area contributed by atoms with E-state index in [-0.39, 0.29) is 23.6 Å². The van der Waals surface area contributed by atoms with Crippen LogP contribution >= 0.6 is 11.6 Å². The molecule has 2 aromatic carbocycles. The Bertz CT molecular complexity index is 624. The number of rotatable bonds is 3. The van der Waals surface area contributed by atoms with Gasteiger partial charge in [0.1, 0.15) is 11.6 Å². The lowest BCUT2D eigenvalue weighted by Crippen LogP contribution is -2.34. The zero-order chi connectivity index (χ0) is 14.1. The van der Waals surface area contributed by atoms with E-state index in [4.69, 9.17) is 11.6 Å². The Morgan fingerprint density at radius 3 is 2.55 bits per heavy atom. The van der Waals surface area contributed by atoms with Crippen molar-refractivity contribution in [2.45, 2.75) is 24.8 Å². The first kappa shape index (κ1) is 13.4. The number of anilines is 1. The van der Waals surface area contributed by atoms with Crippen LogP contribution in [0.25, 0.3) is 0 Å². The number of hydrogen-bond acceptors (Lipinski definition) is 1. The van der Waals surface area contributed by atoms with E-state index in [2.05, 4.69) is 5.32 Å². The molecule has 4 heteroatoms. The van der Waals surface area contributed by atoms with Crippen molar-refractivity contribution in [1.82, 2.24) is 0 Å². The molecule has 0 radical (unpaired) electrons. The zero-order valence-electron chi connectivity index (χ0n) is 10.7. The minimum atomic E-state index is -0.318. The normalized spacial score (nSPS) is 21.4. The summed E-state index contributed by atoms with van der Waals surface area (Å²) in [4.78, 5) is 0. The molecule has 1 saturated carbocycles. The molecule has 20 heavy (non-hydrogen) atoms. The number of benzene rings is 2. The summed E-state index contributed by atoms with van der Waals surface area (Å²) in [6.07, 6.45) is 1.65. The Balaban J connectivity index is 1.64. The van der Waals surface area contributed by atoms with Gasteiger partial charge in [-0.1, -0.05) is 29.8 Å². The maximum Gasteiger partial charge on any atom is 0.126 e. The summed E-state index contributed by atoms with van der Waals surface area (Å²) >= 11 is 6.01. The van der Waals surface area contributed by atoms with Gasteiger partial charge in [-0.25, -0.2) is 8.78 Å². The van der Waals surface area contributed by atoms with Gasteiger partial charge in [-0.15, -0.1) is 0 Å². The Morgan fingerprint density at radius 2 is 1.80 bits per heavy atom. The van der Waals surface area contributed by atoms with Gasteiger partial charge in [-0.2, -0.15) is 0 Å². The molecule has 1 aliphatic carbocycles. The summed E-state index contributed by atoms with van der Waals surface area (Å²) in [5, 5.41) is 3.71. The average molecular weight is 294 g/mol. The van der Waals surface area contributed by atoms with Crippen LogP contribution in [0.1, 0.15) is 24.3 Å². The van der Waals surface area contributed by atoms with E-state index in [0.29, 0.717) is 10.7 Å². The first-order valence-corrected chi connectivity index (χ1v) is 6.97. The van der Waals surface area contributed by atoms with E-state index in [1.807, 2.05) is 12.1 Å². The Hall–Kier alpha value is -1.61. The lowest BCUT2D eigenvalue weighted by Gasteiger charge is -2.37. The predicted octanol–water partition coefficient (Wildman–Crippen LogP) is 4.98.